The Morgan fingerprint density at radius 1 is 1.06 bits per heavy atom. The Labute approximate surface area is 112 Å². The maximum atomic E-state index is 11.4. The fraction of sp³-hybridized carbons (Fsp3) is 0.588. The standard InChI is InChI=1S/C17H26O/c1-14-7-5-8-15(2)11-12-17(4,13-18)16(3)10-6-9-14/h8-10,13H,5-7,11-12H2,1-4H3. The van der Waals surface area contributed by atoms with Gasteiger partial charge in [0.2, 0.25) is 0 Å². The van der Waals surface area contributed by atoms with Crippen molar-refractivity contribution in [2.75, 3.05) is 0 Å². The Morgan fingerprint density at radius 3 is 2.39 bits per heavy atom. The lowest BCUT2D eigenvalue weighted by molar-refractivity contribution is -0.114. The zero-order chi connectivity index (χ0) is 13.6. The summed E-state index contributed by atoms with van der Waals surface area (Å²) in [4.78, 5) is 11.4. The molecule has 0 amide bonds. The van der Waals surface area contributed by atoms with Crippen molar-refractivity contribution < 1.29 is 4.79 Å². The van der Waals surface area contributed by atoms with Gasteiger partial charge in [-0.15, -0.1) is 0 Å². The van der Waals surface area contributed by atoms with Gasteiger partial charge in [0, 0.05) is 5.41 Å². The number of carbonyl (C=O) groups excluding carboxylic acids is 1. The second kappa shape index (κ2) is 6.72. The molecule has 100 valence electrons. The normalized spacial score (nSPS) is 27.2. The second-order valence-corrected chi connectivity index (χ2v) is 5.80. The van der Waals surface area contributed by atoms with E-state index >= 15 is 0 Å². The summed E-state index contributed by atoms with van der Waals surface area (Å²) < 4.78 is 0. The Bertz CT molecular complexity index is 384. The van der Waals surface area contributed by atoms with E-state index in [0.717, 1.165) is 38.4 Å². The van der Waals surface area contributed by atoms with Gasteiger partial charge in [-0.2, -0.15) is 0 Å². The average Bonchev–Trinajstić information content (AvgIpc) is 2.34. The number of aldehydes is 1. The molecule has 0 aromatic carbocycles. The minimum absolute atomic E-state index is 0.296. The van der Waals surface area contributed by atoms with E-state index in [1.807, 2.05) is 0 Å². The fourth-order valence-electron chi connectivity index (χ4n) is 2.23. The van der Waals surface area contributed by atoms with E-state index in [-0.39, 0.29) is 5.41 Å². The van der Waals surface area contributed by atoms with E-state index in [1.165, 1.54) is 16.7 Å². The van der Waals surface area contributed by atoms with Crippen molar-refractivity contribution in [2.45, 2.75) is 59.8 Å². The largest absolute Gasteiger partial charge is 0.302 e. The molecule has 1 unspecified atom stereocenters. The van der Waals surface area contributed by atoms with Crippen LogP contribution in [-0.2, 0) is 4.79 Å². The minimum Gasteiger partial charge on any atom is -0.302 e. The van der Waals surface area contributed by atoms with Crippen LogP contribution in [0.4, 0.5) is 0 Å². The third-order valence-electron chi connectivity index (χ3n) is 4.12. The van der Waals surface area contributed by atoms with E-state index in [1.54, 1.807) is 0 Å². The molecule has 1 aliphatic rings. The highest BCUT2D eigenvalue weighted by molar-refractivity contribution is 5.64. The van der Waals surface area contributed by atoms with Crippen molar-refractivity contribution in [3.63, 3.8) is 0 Å². The number of carbonyl (C=O) groups is 1. The average molecular weight is 246 g/mol. The molecule has 1 aliphatic carbocycles. The first-order chi connectivity index (χ1) is 8.48. The van der Waals surface area contributed by atoms with E-state index in [4.69, 9.17) is 0 Å². The zero-order valence-corrected chi connectivity index (χ0v) is 12.3. The van der Waals surface area contributed by atoms with Gasteiger partial charge in [0.25, 0.3) is 0 Å². The van der Waals surface area contributed by atoms with Gasteiger partial charge in [0.15, 0.2) is 0 Å². The van der Waals surface area contributed by atoms with Crippen LogP contribution in [0.1, 0.15) is 59.8 Å². The van der Waals surface area contributed by atoms with Gasteiger partial charge in [-0.3, -0.25) is 0 Å². The van der Waals surface area contributed by atoms with Crippen LogP contribution in [0.2, 0.25) is 0 Å². The SMILES string of the molecule is CC1=CCC=C(C)C(C)(C=O)CCC(C)=CCC1. The van der Waals surface area contributed by atoms with Crippen molar-refractivity contribution >= 4 is 6.29 Å². The second-order valence-electron chi connectivity index (χ2n) is 5.80. The van der Waals surface area contributed by atoms with E-state index in [9.17, 15) is 4.79 Å². The highest BCUT2D eigenvalue weighted by atomic mass is 16.1. The maximum absolute atomic E-state index is 11.4. The van der Waals surface area contributed by atoms with Crippen LogP contribution in [0.5, 0.6) is 0 Å². The molecule has 18 heavy (non-hydrogen) atoms. The van der Waals surface area contributed by atoms with Gasteiger partial charge in [-0.25, -0.2) is 0 Å². The predicted octanol–water partition coefficient (Wildman–Crippen LogP) is 4.99. The van der Waals surface area contributed by atoms with Crippen molar-refractivity contribution in [1.82, 2.24) is 0 Å². The van der Waals surface area contributed by atoms with Crippen LogP contribution >= 0.6 is 0 Å². The molecule has 0 spiro atoms. The molecule has 0 bridgehead atoms. The first kappa shape index (κ1) is 14.9. The first-order valence-corrected chi connectivity index (χ1v) is 6.93. The highest BCUT2D eigenvalue weighted by Gasteiger charge is 2.25. The number of hydrogen-bond acceptors (Lipinski definition) is 1. The van der Waals surface area contributed by atoms with Crippen molar-refractivity contribution in [1.29, 1.82) is 0 Å². The van der Waals surface area contributed by atoms with Crippen LogP contribution in [0.3, 0.4) is 0 Å². The monoisotopic (exact) mass is 246 g/mol. The predicted molar refractivity (Wildman–Crippen MR) is 78.5 cm³/mol. The van der Waals surface area contributed by atoms with Gasteiger partial charge in [-0.05, 0) is 59.8 Å². The summed E-state index contributed by atoms with van der Waals surface area (Å²) in [5.41, 5.74) is 3.76. The quantitative estimate of drug-likeness (QED) is 0.470. The smallest absolute Gasteiger partial charge is 0.129 e. The first-order valence-electron chi connectivity index (χ1n) is 6.93. The fourth-order valence-corrected chi connectivity index (χ4v) is 2.23. The van der Waals surface area contributed by atoms with Gasteiger partial charge >= 0.3 is 0 Å². The molecule has 1 nitrogen and oxygen atoms in total. The summed E-state index contributed by atoms with van der Waals surface area (Å²) in [6, 6.07) is 0. The summed E-state index contributed by atoms with van der Waals surface area (Å²) in [6.07, 6.45) is 13.1. The molecule has 1 rings (SSSR count). The third kappa shape index (κ3) is 4.29. The van der Waals surface area contributed by atoms with Crippen LogP contribution in [0, 0.1) is 5.41 Å². The molecular weight excluding hydrogens is 220 g/mol. The summed E-state index contributed by atoms with van der Waals surface area (Å²) in [6.45, 7) is 8.51. The summed E-state index contributed by atoms with van der Waals surface area (Å²) in [5.74, 6) is 0. The Morgan fingerprint density at radius 2 is 1.72 bits per heavy atom. The molecule has 0 N–H and O–H groups in total. The summed E-state index contributed by atoms with van der Waals surface area (Å²) >= 11 is 0. The minimum atomic E-state index is -0.296. The summed E-state index contributed by atoms with van der Waals surface area (Å²) in [7, 11) is 0. The highest BCUT2D eigenvalue weighted by Crippen LogP contribution is 2.32. The van der Waals surface area contributed by atoms with Crippen LogP contribution in [0.15, 0.2) is 34.9 Å². The lowest BCUT2D eigenvalue weighted by Gasteiger charge is -2.25. The molecular formula is C17H26O. The molecule has 0 saturated carbocycles. The molecule has 0 aromatic rings. The Hall–Kier alpha value is -1.11. The molecule has 0 radical (unpaired) electrons. The lowest BCUT2D eigenvalue weighted by atomic mass is 9.78. The number of allylic oxidation sites excluding steroid dienone is 6. The van der Waals surface area contributed by atoms with Crippen molar-refractivity contribution in [3.05, 3.63) is 34.9 Å². The molecule has 0 saturated heterocycles. The molecule has 1 heteroatoms. The third-order valence-corrected chi connectivity index (χ3v) is 4.12. The molecule has 0 heterocycles. The van der Waals surface area contributed by atoms with Gasteiger partial charge in [0.1, 0.15) is 6.29 Å². The van der Waals surface area contributed by atoms with E-state index in [2.05, 4.69) is 45.9 Å². The van der Waals surface area contributed by atoms with Crippen molar-refractivity contribution in [3.8, 4) is 0 Å². The summed E-state index contributed by atoms with van der Waals surface area (Å²) in [5, 5.41) is 0. The van der Waals surface area contributed by atoms with Crippen molar-refractivity contribution in [2.24, 2.45) is 5.41 Å². The molecule has 0 fully saturated rings. The van der Waals surface area contributed by atoms with Gasteiger partial charge in [-0.1, -0.05) is 34.9 Å². The topological polar surface area (TPSA) is 17.1 Å². The molecule has 0 aliphatic heterocycles. The number of hydrogen-bond donors (Lipinski definition) is 0. The van der Waals surface area contributed by atoms with Gasteiger partial charge in [0.05, 0.1) is 0 Å². The van der Waals surface area contributed by atoms with Crippen LogP contribution in [0.25, 0.3) is 0 Å². The Kier molecular flexibility index (Phi) is 5.58. The number of rotatable bonds is 1. The molecule has 1 atom stereocenters. The van der Waals surface area contributed by atoms with Crippen LogP contribution < -0.4 is 0 Å². The van der Waals surface area contributed by atoms with E-state index in [0.29, 0.717) is 0 Å². The lowest BCUT2D eigenvalue weighted by Crippen LogP contribution is -2.20. The molecule has 0 aromatic heterocycles. The van der Waals surface area contributed by atoms with E-state index < -0.39 is 0 Å². The van der Waals surface area contributed by atoms with Gasteiger partial charge < -0.3 is 4.79 Å². The zero-order valence-electron chi connectivity index (χ0n) is 12.3. The maximum Gasteiger partial charge on any atom is 0.129 e. The Balaban J connectivity index is 2.97. The van der Waals surface area contributed by atoms with Crippen LogP contribution in [-0.4, -0.2) is 6.29 Å².